The molecule has 0 amide bonds. The molecule has 0 bridgehead atoms. The third-order valence-electron chi connectivity index (χ3n) is 3.75. The van der Waals surface area contributed by atoms with Gasteiger partial charge in [-0.2, -0.15) is 5.10 Å². The van der Waals surface area contributed by atoms with Gasteiger partial charge in [0, 0.05) is 17.8 Å². The van der Waals surface area contributed by atoms with Crippen molar-refractivity contribution in [2.75, 3.05) is 0 Å². The van der Waals surface area contributed by atoms with Gasteiger partial charge in [0.2, 0.25) is 0 Å². The monoisotopic (exact) mass is 288 g/mol. The Bertz CT molecular complexity index is 565. The molecule has 1 unspecified atom stereocenters. The fourth-order valence-electron chi connectivity index (χ4n) is 2.15. The first-order chi connectivity index (χ1) is 10.2. The van der Waals surface area contributed by atoms with Crippen LogP contribution in [0.3, 0.4) is 0 Å². The Labute approximate surface area is 126 Å². The molecule has 1 aromatic heterocycles. The molecule has 2 aromatic rings. The summed E-state index contributed by atoms with van der Waals surface area (Å²) in [5, 5.41) is 14.5. The number of hydrogen-bond donors (Lipinski definition) is 1. The molecule has 2 atom stereocenters. The predicted octanol–water partition coefficient (Wildman–Crippen LogP) is 3.88. The van der Waals surface area contributed by atoms with Crippen LogP contribution in [0, 0.1) is 0 Å². The molecule has 1 N–H and O–H groups in total. The minimum Gasteiger partial charge on any atom is -0.487 e. The summed E-state index contributed by atoms with van der Waals surface area (Å²) in [7, 11) is 0. The summed E-state index contributed by atoms with van der Waals surface area (Å²) >= 11 is 0. The van der Waals surface area contributed by atoms with E-state index >= 15 is 0 Å². The SMILES string of the molecule is CCC(C)n1ccc(COc2ccccc2[C@@H](O)CC)n1. The summed E-state index contributed by atoms with van der Waals surface area (Å²) in [5.41, 5.74) is 1.73. The van der Waals surface area contributed by atoms with E-state index in [1.54, 1.807) is 0 Å². The van der Waals surface area contributed by atoms with E-state index in [0.717, 1.165) is 23.4 Å². The molecule has 0 saturated carbocycles. The molecular formula is C17H24N2O2. The second-order valence-corrected chi connectivity index (χ2v) is 5.29. The zero-order valence-corrected chi connectivity index (χ0v) is 13.0. The second-order valence-electron chi connectivity index (χ2n) is 5.29. The average molecular weight is 288 g/mol. The molecule has 2 rings (SSSR count). The lowest BCUT2D eigenvalue weighted by Gasteiger charge is -2.14. The van der Waals surface area contributed by atoms with Crippen molar-refractivity contribution < 1.29 is 9.84 Å². The number of aromatic nitrogens is 2. The van der Waals surface area contributed by atoms with Gasteiger partial charge in [0.25, 0.3) is 0 Å². The van der Waals surface area contributed by atoms with Gasteiger partial charge in [0.1, 0.15) is 12.4 Å². The molecule has 0 spiro atoms. The highest BCUT2D eigenvalue weighted by Gasteiger charge is 2.12. The zero-order valence-electron chi connectivity index (χ0n) is 13.0. The summed E-state index contributed by atoms with van der Waals surface area (Å²) in [6.07, 6.45) is 3.22. The van der Waals surface area contributed by atoms with Crippen LogP contribution in [0.4, 0.5) is 0 Å². The van der Waals surface area contributed by atoms with E-state index in [2.05, 4.69) is 18.9 Å². The molecule has 21 heavy (non-hydrogen) atoms. The standard InChI is InChI=1S/C17H24N2O2/c1-4-13(3)19-11-10-14(18-19)12-21-17-9-7-6-8-15(17)16(20)5-2/h6-11,13,16,20H,4-5,12H2,1-3H3/t13?,16-/m0/s1. The average Bonchev–Trinajstić information content (AvgIpc) is 3.00. The van der Waals surface area contributed by atoms with Crippen molar-refractivity contribution in [1.82, 2.24) is 9.78 Å². The third-order valence-corrected chi connectivity index (χ3v) is 3.75. The van der Waals surface area contributed by atoms with Gasteiger partial charge in [0.05, 0.1) is 11.8 Å². The molecule has 0 aliphatic rings. The van der Waals surface area contributed by atoms with Crippen molar-refractivity contribution in [3.63, 3.8) is 0 Å². The van der Waals surface area contributed by atoms with Crippen LogP contribution in [-0.4, -0.2) is 14.9 Å². The summed E-state index contributed by atoms with van der Waals surface area (Å²) in [6, 6.07) is 10.00. The minimum atomic E-state index is -0.487. The van der Waals surface area contributed by atoms with E-state index in [1.807, 2.05) is 48.1 Å². The topological polar surface area (TPSA) is 47.3 Å². The van der Waals surface area contributed by atoms with E-state index in [4.69, 9.17) is 4.74 Å². The van der Waals surface area contributed by atoms with Crippen molar-refractivity contribution in [3.8, 4) is 5.75 Å². The molecule has 114 valence electrons. The van der Waals surface area contributed by atoms with Crippen molar-refractivity contribution in [2.45, 2.75) is 52.4 Å². The van der Waals surface area contributed by atoms with Crippen molar-refractivity contribution in [3.05, 3.63) is 47.8 Å². The summed E-state index contributed by atoms with van der Waals surface area (Å²) < 4.78 is 7.80. The van der Waals surface area contributed by atoms with Gasteiger partial charge < -0.3 is 9.84 Å². The fraction of sp³-hybridized carbons (Fsp3) is 0.471. The predicted molar refractivity (Wildman–Crippen MR) is 83.3 cm³/mol. The molecule has 0 aliphatic carbocycles. The van der Waals surface area contributed by atoms with Gasteiger partial charge in [-0.15, -0.1) is 0 Å². The van der Waals surface area contributed by atoms with Gasteiger partial charge >= 0.3 is 0 Å². The molecule has 1 heterocycles. The van der Waals surface area contributed by atoms with Crippen LogP contribution in [0.1, 0.15) is 57.0 Å². The van der Waals surface area contributed by atoms with E-state index < -0.39 is 6.10 Å². The minimum absolute atomic E-state index is 0.396. The van der Waals surface area contributed by atoms with Gasteiger partial charge in [-0.3, -0.25) is 4.68 Å². The number of rotatable bonds is 7. The van der Waals surface area contributed by atoms with E-state index in [1.165, 1.54) is 0 Å². The highest BCUT2D eigenvalue weighted by atomic mass is 16.5. The van der Waals surface area contributed by atoms with Crippen LogP contribution in [-0.2, 0) is 6.61 Å². The smallest absolute Gasteiger partial charge is 0.132 e. The molecule has 0 saturated heterocycles. The normalized spacial score (nSPS) is 13.9. The molecule has 1 aromatic carbocycles. The maximum Gasteiger partial charge on any atom is 0.132 e. The van der Waals surface area contributed by atoms with Crippen LogP contribution < -0.4 is 4.74 Å². The Morgan fingerprint density at radius 2 is 1.95 bits per heavy atom. The second kappa shape index (κ2) is 7.27. The lowest BCUT2D eigenvalue weighted by molar-refractivity contribution is 0.166. The highest BCUT2D eigenvalue weighted by molar-refractivity contribution is 5.35. The zero-order chi connectivity index (χ0) is 15.2. The van der Waals surface area contributed by atoms with Gasteiger partial charge in [0.15, 0.2) is 0 Å². The molecule has 4 nitrogen and oxygen atoms in total. The van der Waals surface area contributed by atoms with Gasteiger partial charge in [-0.25, -0.2) is 0 Å². The molecule has 0 aliphatic heterocycles. The maximum absolute atomic E-state index is 10.0. The van der Waals surface area contributed by atoms with Crippen molar-refractivity contribution >= 4 is 0 Å². The highest BCUT2D eigenvalue weighted by Crippen LogP contribution is 2.27. The van der Waals surface area contributed by atoms with Gasteiger partial charge in [-0.05, 0) is 31.9 Å². The number of aliphatic hydroxyl groups excluding tert-OH is 1. The van der Waals surface area contributed by atoms with E-state index in [-0.39, 0.29) is 0 Å². The Kier molecular flexibility index (Phi) is 5.39. The van der Waals surface area contributed by atoms with E-state index in [0.29, 0.717) is 19.1 Å². The molecule has 0 radical (unpaired) electrons. The van der Waals surface area contributed by atoms with Crippen LogP contribution in [0.5, 0.6) is 5.75 Å². The largest absolute Gasteiger partial charge is 0.487 e. The number of nitrogens with zero attached hydrogens (tertiary/aromatic N) is 2. The fourth-order valence-corrected chi connectivity index (χ4v) is 2.15. The summed E-state index contributed by atoms with van der Waals surface area (Å²) in [4.78, 5) is 0. The van der Waals surface area contributed by atoms with Crippen LogP contribution in [0.15, 0.2) is 36.5 Å². The first-order valence-electron chi connectivity index (χ1n) is 7.59. The summed E-state index contributed by atoms with van der Waals surface area (Å²) in [6.45, 7) is 6.65. The quantitative estimate of drug-likeness (QED) is 0.841. The maximum atomic E-state index is 10.0. The van der Waals surface area contributed by atoms with Crippen LogP contribution in [0.25, 0.3) is 0 Å². The molecule has 4 heteroatoms. The first kappa shape index (κ1) is 15.6. The Morgan fingerprint density at radius 3 is 2.67 bits per heavy atom. The molecular weight excluding hydrogens is 264 g/mol. The van der Waals surface area contributed by atoms with E-state index in [9.17, 15) is 5.11 Å². The summed E-state index contributed by atoms with van der Waals surface area (Å²) in [5.74, 6) is 0.727. The van der Waals surface area contributed by atoms with Crippen LogP contribution >= 0.6 is 0 Å². The lowest BCUT2D eigenvalue weighted by atomic mass is 10.1. The number of benzene rings is 1. The number of hydrogen-bond acceptors (Lipinski definition) is 3. The Hall–Kier alpha value is -1.81. The van der Waals surface area contributed by atoms with Gasteiger partial charge in [-0.1, -0.05) is 32.0 Å². The van der Waals surface area contributed by atoms with Crippen LogP contribution in [0.2, 0.25) is 0 Å². The lowest BCUT2D eigenvalue weighted by Crippen LogP contribution is -2.06. The van der Waals surface area contributed by atoms with Crippen molar-refractivity contribution in [2.24, 2.45) is 0 Å². The number of aliphatic hydroxyl groups is 1. The van der Waals surface area contributed by atoms with Crippen molar-refractivity contribution in [1.29, 1.82) is 0 Å². The first-order valence-corrected chi connectivity index (χ1v) is 7.59. The molecule has 0 fully saturated rings. The Morgan fingerprint density at radius 1 is 1.19 bits per heavy atom. The number of para-hydroxylation sites is 1. The third kappa shape index (κ3) is 3.85. The Balaban J connectivity index is 2.05. The number of ether oxygens (including phenoxy) is 1.